The predicted octanol–water partition coefficient (Wildman–Crippen LogP) is 0.902. The minimum atomic E-state index is 0.142. The van der Waals surface area contributed by atoms with Gasteiger partial charge < -0.3 is 0 Å². The van der Waals surface area contributed by atoms with E-state index in [1.807, 2.05) is 0 Å². The van der Waals surface area contributed by atoms with Gasteiger partial charge in [0.25, 0.3) is 5.82 Å². The van der Waals surface area contributed by atoms with Gasteiger partial charge in [-0.1, -0.05) is 18.2 Å². The molecule has 0 aromatic carbocycles. The van der Waals surface area contributed by atoms with Gasteiger partial charge in [0.15, 0.2) is 0 Å². The van der Waals surface area contributed by atoms with Crippen LogP contribution in [0.3, 0.4) is 0 Å². The molecule has 0 fully saturated rings. The van der Waals surface area contributed by atoms with E-state index < -0.39 is 0 Å². The number of hydrogen-bond acceptors (Lipinski definition) is 3. The lowest BCUT2D eigenvalue weighted by molar-refractivity contribution is 0.691. The number of nitrogens with zero attached hydrogens (tertiary/aromatic N) is 4. The predicted molar refractivity (Wildman–Crippen MR) is 39.7 cm³/mol. The summed E-state index contributed by atoms with van der Waals surface area (Å²) in [7, 11) is 0. The van der Waals surface area contributed by atoms with Gasteiger partial charge in [0.05, 0.1) is 6.54 Å². The number of aromatic nitrogens is 3. The molecule has 0 aliphatic carbocycles. The molecule has 0 saturated heterocycles. The van der Waals surface area contributed by atoms with Gasteiger partial charge in [-0.05, 0) is 0 Å². The van der Waals surface area contributed by atoms with Crippen molar-refractivity contribution >= 4 is 11.6 Å². The quantitative estimate of drug-likeness (QED) is 0.660. The van der Waals surface area contributed by atoms with Gasteiger partial charge in [-0.15, -0.1) is 5.10 Å². The Balaban J connectivity index is 2.75. The van der Waals surface area contributed by atoms with Crippen LogP contribution >= 0.6 is 11.6 Å². The van der Waals surface area contributed by atoms with E-state index in [0.29, 0.717) is 11.6 Å². The van der Waals surface area contributed by atoms with Gasteiger partial charge in [0, 0.05) is 5.03 Å². The van der Waals surface area contributed by atoms with Crippen molar-refractivity contribution in [3.63, 3.8) is 0 Å². The highest BCUT2D eigenvalue weighted by Crippen LogP contribution is 1.99. The average Bonchev–Trinajstić information content (AvgIpc) is 2.34. The molecule has 0 aliphatic heterocycles. The Morgan fingerprint density at radius 2 is 2.64 bits per heavy atom. The molecule has 0 unspecified atom stereocenters. The third kappa shape index (κ3) is 2.06. The molecule has 5 heteroatoms. The molecule has 0 N–H and O–H groups in total. The van der Waals surface area contributed by atoms with Gasteiger partial charge in [-0.3, -0.25) is 0 Å². The van der Waals surface area contributed by atoms with Crippen LogP contribution in [0.5, 0.6) is 0 Å². The lowest BCUT2D eigenvalue weighted by atomic mass is 10.6. The maximum Gasteiger partial charge on any atom is 0.252 e. The Hall–Kier alpha value is -1.34. The van der Waals surface area contributed by atoms with E-state index in [9.17, 15) is 0 Å². The van der Waals surface area contributed by atoms with Crippen LogP contribution < -0.4 is 0 Å². The van der Waals surface area contributed by atoms with Crippen LogP contribution in [0, 0.1) is 11.3 Å². The molecule has 0 bridgehead atoms. The summed E-state index contributed by atoms with van der Waals surface area (Å²) in [6, 6.07) is 1.80. The van der Waals surface area contributed by atoms with Crippen LogP contribution in [0.4, 0.5) is 0 Å². The first-order valence-electron chi connectivity index (χ1n) is 2.85. The molecular formula is C6H5ClN4. The van der Waals surface area contributed by atoms with Gasteiger partial charge in [-0.25, -0.2) is 9.67 Å². The summed E-state index contributed by atoms with van der Waals surface area (Å²) in [6.07, 6.45) is 1.44. The molecule has 1 aromatic heterocycles. The molecule has 0 spiro atoms. The summed E-state index contributed by atoms with van der Waals surface area (Å²) in [5.41, 5.74) is 0. The molecule has 1 aromatic rings. The lowest BCUT2D eigenvalue weighted by Gasteiger charge is -1.93. The van der Waals surface area contributed by atoms with Crippen molar-refractivity contribution in [2.24, 2.45) is 0 Å². The molecule has 11 heavy (non-hydrogen) atoms. The average molecular weight is 169 g/mol. The number of rotatable bonds is 2. The number of allylic oxidation sites excluding steroid dienone is 1. The first kappa shape index (κ1) is 7.76. The first-order valence-corrected chi connectivity index (χ1v) is 3.23. The molecule has 0 aliphatic rings. The lowest BCUT2D eigenvalue weighted by Crippen LogP contribution is -1.97. The molecule has 1 heterocycles. The molecular weight excluding hydrogens is 164 g/mol. The fraction of sp³-hybridized carbons (Fsp3) is 0.167. The van der Waals surface area contributed by atoms with Crippen molar-refractivity contribution in [3.05, 3.63) is 23.8 Å². The van der Waals surface area contributed by atoms with Crippen molar-refractivity contribution in [2.75, 3.05) is 0 Å². The Bertz CT molecular complexity index is 309. The fourth-order valence-corrected chi connectivity index (χ4v) is 0.720. The third-order valence-corrected chi connectivity index (χ3v) is 1.09. The number of nitriles is 1. The Labute approximate surface area is 68.7 Å². The largest absolute Gasteiger partial charge is 0.252 e. The van der Waals surface area contributed by atoms with Crippen LogP contribution in [0.25, 0.3) is 0 Å². The zero-order valence-corrected chi connectivity index (χ0v) is 6.41. The molecule has 4 nitrogen and oxygen atoms in total. The van der Waals surface area contributed by atoms with Gasteiger partial charge in [0.2, 0.25) is 0 Å². The zero-order chi connectivity index (χ0) is 8.27. The fourth-order valence-electron chi connectivity index (χ4n) is 0.598. The maximum atomic E-state index is 8.34. The third-order valence-electron chi connectivity index (χ3n) is 0.970. The topological polar surface area (TPSA) is 54.5 Å². The van der Waals surface area contributed by atoms with E-state index >= 15 is 0 Å². The van der Waals surface area contributed by atoms with Gasteiger partial charge in [-0.2, -0.15) is 5.26 Å². The van der Waals surface area contributed by atoms with Crippen LogP contribution in [0.15, 0.2) is 17.9 Å². The Morgan fingerprint density at radius 3 is 3.09 bits per heavy atom. The second kappa shape index (κ2) is 3.17. The number of halogens is 1. The highest BCUT2D eigenvalue weighted by atomic mass is 35.5. The van der Waals surface area contributed by atoms with Crippen molar-refractivity contribution in [3.8, 4) is 6.07 Å². The summed E-state index contributed by atoms with van der Waals surface area (Å²) < 4.78 is 1.45. The van der Waals surface area contributed by atoms with E-state index in [-0.39, 0.29) is 5.82 Å². The monoisotopic (exact) mass is 168 g/mol. The van der Waals surface area contributed by atoms with E-state index in [4.69, 9.17) is 16.9 Å². The minimum Gasteiger partial charge on any atom is -0.246 e. The Kier molecular flexibility index (Phi) is 2.24. The van der Waals surface area contributed by atoms with Gasteiger partial charge in [0.1, 0.15) is 12.4 Å². The van der Waals surface area contributed by atoms with E-state index in [0.717, 1.165) is 0 Å². The van der Waals surface area contributed by atoms with Crippen LogP contribution in [-0.4, -0.2) is 14.8 Å². The summed E-state index contributed by atoms with van der Waals surface area (Å²) >= 11 is 5.50. The first-order chi connectivity index (χ1) is 5.22. The molecule has 1 rings (SSSR count). The van der Waals surface area contributed by atoms with Crippen LogP contribution in [0.1, 0.15) is 5.82 Å². The zero-order valence-electron chi connectivity index (χ0n) is 5.66. The normalized spacial score (nSPS) is 9.09. The van der Waals surface area contributed by atoms with Crippen LogP contribution in [0.2, 0.25) is 0 Å². The highest BCUT2D eigenvalue weighted by molar-refractivity contribution is 6.29. The second-order valence-electron chi connectivity index (χ2n) is 1.89. The summed E-state index contributed by atoms with van der Waals surface area (Å²) in [5.74, 6) is 0.142. The summed E-state index contributed by atoms with van der Waals surface area (Å²) in [6.45, 7) is 3.86. The summed E-state index contributed by atoms with van der Waals surface area (Å²) in [4.78, 5) is 3.68. The smallest absolute Gasteiger partial charge is 0.246 e. The SMILES string of the molecule is C=C(Cl)Cn1cnc(C#N)n1. The second-order valence-corrected chi connectivity index (χ2v) is 2.43. The van der Waals surface area contributed by atoms with Crippen molar-refractivity contribution < 1.29 is 0 Å². The molecule has 0 radical (unpaired) electrons. The molecule has 0 atom stereocenters. The van der Waals surface area contributed by atoms with Crippen molar-refractivity contribution in [1.29, 1.82) is 5.26 Å². The van der Waals surface area contributed by atoms with Crippen molar-refractivity contribution in [1.82, 2.24) is 14.8 Å². The van der Waals surface area contributed by atoms with Crippen LogP contribution in [-0.2, 0) is 6.54 Å². The standard InChI is InChI=1S/C6H5ClN4/c1-5(7)3-11-4-9-6(2-8)10-11/h4H,1,3H2. The van der Waals surface area contributed by atoms with E-state index in [2.05, 4.69) is 16.7 Å². The van der Waals surface area contributed by atoms with Crippen molar-refractivity contribution in [2.45, 2.75) is 6.54 Å². The molecule has 56 valence electrons. The maximum absolute atomic E-state index is 8.34. The summed E-state index contributed by atoms with van der Waals surface area (Å²) in [5, 5.41) is 12.6. The molecule has 0 saturated carbocycles. The van der Waals surface area contributed by atoms with E-state index in [1.165, 1.54) is 11.0 Å². The van der Waals surface area contributed by atoms with Gasteiger partial charge >= 0.3 is 0 Å². The molecule has 0 amide bonds. The highest BCUT2D eigenvalue weighted by Gasteiger charge is 1.97. The van der Waals surface area contributed by atoms with E-state index in [1.54, 1.807) is 6.07 Å². The Morgan fingerprint density at radius 1 is 1.91 bits per heavy atom. The minimum absolute atomic E-state index is 0.142. The number of hydrogen-bond donors (Lipinski definition) is 0.